The summed E-state index contributed by atoms with van der Waals surface area (Å²) in [7, 11) is 0. The Hall–Kier alpha value is -0.900. The second kappa shape index (κ2) is 4.77. The molecular formula is C13H22N2O2. The molecule has 17 heavy (non-hydrogen) atoms. The highest BCUT2D eigenvalue weighted by atomic mass is 16.2. The van der Waals surface area contributed by atoms with E-state index in [1.54, 1.807) is 6.92 Å². The number of nitrogens with one attached hydrogen (secondary N) is 1. The van der Waals surface area contributed by atoms with Crippen LogP contribution in [0.15, 0.2) is 0 Å². The van der Waals surface area contributed by atoms with Crippen LogP contribution in [0.2, 0.25) is 0 Å². The molecule has 2 unspecified atom stereocenters. The Morgan fingerprint density at radius 1 is 1.35 bits per heavy atom. The van der Waals surface area contributed by atoms with Crippen LogP contribution in [0.1, 0.15) is 33.6 Å². The number of amides is 1. The van der Waals surface area contributed by atoms with Crippen molar-refractivity contribution in [3.8, 4) is 0 Å². The van der Waals surface area contributed by atoms with Crippen LogP contribution in [0.25, 0.3) is 0 Å². The maximum atomic E-state index is 12.2. The lowest BCUT2D eigenvalue weighted by atomic mass is 9.86. The van der Waals surface area contributed by atoms with Gasteiger partial charge in [0, 0.05) is 12.6 Å². The summed E-state index contributed by atoms with van der Waals surface area (Å²) in [6.07, 6.45) is 3.28. The maximum absolute atomic E-state index is 12.2. The zero-order valence-corrected chi connectivity index (χ0v) is 10.8. The molecule has 1 aliphatic carbocycles. The highest BCUT2D eigenvalue weighted by Crippen LogP contribution is 2.42. The average Bonchev–Trinajstić information content (AvgIpc) is 2.75. The predicted octanol–water partition coefficient (Wildman–Crippen LogP) is 0.809. The molecule has 3 aliphatic rings. The summed E-state index contributed by atoms with van der Waals surface area (Å²) in [5.74, 6) is 1.10. The lowest BCUT2D eigenvalue weighted by Gasteiger charge is -2.34. The van der Waals surface area contributed by atoms with E-state index < -0.39 is 0 Å². The molecule has 3 fully saturated rings. The predicted molar refractivity (Wildman–Crippen MR) is 65.5 cm³/mol. The van der Waals surface area contributed by atoms with Crippen molar-refractivity contribution in [1.29, 1.82) is 0 Å². The van der Waals surface area contributed by atoms with Gasteiger partial charge in [-0.25, -0.2) is 0 Å². The van der Waals surface area contributed by atoms with E-state index >= 15 is 0 Å². The Kier molecular flexibility index (Phi) is 3.52. The fourth-order valence-electron chi connectivity index (χ4n) is 3.09. The molecule has 96 valence electrons. The summed E-state index contributed by atoms with van der Waals surface area (Å²) in [6, 6.07) is 0.140. The van der Waals surface area contributed by atoms with Crippen LogP contribution in [0.5, 0.6) is 0 Å². The molecule has 3 rings (SSSR count). The van der Waals surface area contributed by atoms with Crippen molar-refractivity contribution in [3.05, 3.63) is 0 Å². The van der Waals surface area contributed by atoms with Crippen molar-refractivity contribution in [3.63, 3.8) is 0 Å². The molecular weight excluding hydrogens is 216 g/mol. The molecule has 1 saturated carbocycles. The second-order valence-electron chi connectivity index (χ2n) is 5.81. The third-order valence-corrected chi connectivity index (χ3v) is 3.98. The lowest BCUT2D eigenvalue weighted by molar-refractivity contribution is -0.130. The number of nitrogens with zero attached hydrogens (tertiary/aromatic N) is 1. The first-order valence-electron chi connectivity index (χ1n) is 6.54. The van der Waals surface area contributed by atoms with Crippen molar-refractivity contribution >= 4 is 12.2 Å². The minimum atomic E-state index is -0.388. The molecule has 1 amide bonds. The number of fused-ring (bicyclic) bond motifs is 1. The van der Waals surface area contributed by atoms with Crippen molar-refractivity contribution in [1.82, 2.24) is 10.2 Å². The average molecular weight is 238 g/mol. The minimum Gasteiger partial charge on any atom is -0.346 e. The maximum Gasteiger partial charge on any atom is 0.238 e. The van der Waals surface area contributed by atoms with Gasteiger partial charge in [-0.2, -0.15) is 0 Å². The molecule has 4 heteroatoms. The minimum absolute atomic E-state index is 0.00662. The highest BCUT2D eigenvalue weighted by molar-refractivity contribution is 5.84. The summed E-state index contributed by atoms with van der Waals surface area (Å²) >= 11 is 0. The Morgan fingerprint density at radius 3 is 2.41 bits per heavy atom. The van der Waals surface area contributed by atoms with E-state index in [9.17, 15) is 9.59 Å². The number of hydrogen-bond donors (Lipinski definition) is 1. The fraction of sp³-hybridized carbons (Fsp3) is 0.846. The molecule has 2 aliphatic heterocycles. The zero-order valence-electron chi connectivity index (χ0n) is 10.8. The molecule has 4 nitrogen and oxygen atoms in total. The Balaban J connectivity index is 2.01. The van der Waals surface area contributed by atoms with Crippen LogP contribution < -0.4 is 5.32 Å². The number of rotatable bonds is 5. The largest absolute Gasteiger partial charge is 0.346 e. The van der Waals surface area contributed by atoms with Gasteiger partial charge in [-0.3, -0.25) is 9.69 Å². The first-order valence-corrected chi connectivity index (χ1v) is 6.54. The van der Waals surface area contributed by atoms with Crippen LogP contribution in [0.3, 0.4) is 0 Å². The van der Waals surface area contributed by atoms with E-state index in [1.807, 2.05) is 0 Å². The fourth-order valence-corrected chi connectivity index (χ4v) is 3.09. The van der Waals surface area contributed by atoms with Gasteiger partial charge in [0.15, 0.2) is 0 Å². The Labute approximate surface area is 103 Å². The van der Waals surface area contributed by atoms with Gasteiger partial charge >= 0.3 is 0 Å². The van der Waals surface area contributed by atoms with Crippen LogP contribution in [-0.2, 0) is 9.59 Å². The topological polar surface area (TPSA) is 49.4 Å². The Bertz CT molecular complexity index is 311. The first kappa shape index (κ1) is 12.6. The van der Waals surface area contributed by atoms with Gasteiger partial charge in [0.2, 0.25) is 5.91 Å². The van der Waals surface area contributed by atoms with Gasteiger partial charge in [-0.15, -0.1) is 0 Å². The number of carbonyl (C=O) groups is 2. The number of carbonyl (C=O) groups excluding carboxylic acids is 2. The van der Waals surface area contributed by atoms with Gasteiger partial charge in [-0.1, -0.05) is 13.8 Å². The summed E-state index contributed by atoms with van der Waals surface area (Å²) in [6.45, 7) is 6.92. The van der Waals surface area contributed by atoms with E-state index in [2.05, 4.69) is 24.1 Å². The molecule has 0 aromatic rings. The van der Waals surface area contributed by atoms with Gasteiger partial charge in [-0.05, 0) is 31.6 Å². The quantitative estimate of drug-likeness (QED) is 0.721. The van der Waals surface area contributed by atoms with E-state index in [0.717, 1.165) is 18.7 Å². The summed E-state index contributed by atoms with van der Waals surface area (Å²) in [5, 5.41) is 2.78. The molecule has 2 bridgehead atoms. The molecule has 0 aromatic carbocycles. The van der Waals surface area contributed by atoms with Gasteiger partial charge in [0.25, 0.3) is 0 Å². The normalized spacial score (nSPS) is 30.8. The number of hydrogen-bond acceptors (Lipinski definition) is 3. The summed E-state index contributed by atoms with van der Waals surface area (Å²) < 4.78 is 0. The SMILES string of the molecule is CC(C=O)NC(=O)C(C(C)C)N1CC2CC1C2. The van der Waals surface area contributed by atoms with Gasteiger partial charge < -0.3 is 10.1 Å². The molecule has 0 aromatic heterocycles. The molecule has 1 N–H and O–H groups in total. The van der Waals surface area contributed by atoms with E-state index in [4.69, 9.17) is 0 Å². The van der Waals surface area contributed by atoms with Crippen LogP contribution >= 0.6 is 0 Å². The zero-order chi connectivity index (χ0) is 12.6. The Morgan fingerprint density at radius 2 is 2.00 bits per heavy atom. The molecule has 2 heterocycles. The van der Waals surface area contributed by atoms with E-state index in [-0.39, 0.29) is 23.9 Å². The highest BCUT2D eigenvalue weighted by Gasteiger charge is 2.47. The van der Waals surface area contributed by atoms with Crippen molar-refractivity contribution < 1.29 is 9.59 Å². The third-order valence-electron chi connectivity index (χ3n) is 3.98. The number of aldehydes is 1. The van der Waals surface area contributed by atoms with Crippen molar-refractivity contribution in [2.75, 3.05) is 6.54 Å². The molecule has 0 spiro atoms. The van der Waals surface area contributed by atoms with Crippen LogP contribution in [-0.4, -0.2) is 41.8 Å². The van der Waals surface area contributed by atoms with Crippen LogP contribution in [0, 0.1) is 11.8 Å². The van der Waals surface area contributed by atoms with Gasteiger partial charge in [0.1, 0.15) is 6.29 Å². The molecule has 2 atom stereocenters. The summed E-state index contributed by atoms with van der Waals surface area (Å²) in [4.78, 5) is 25.1. The lowest BCUT2D eigenvalue weighted by Crippen LogP contribution is -2.52. The third kappa shape index (κ3) is 2.37. The monoisotopic (exact) mass is 238 g/mol. The first-order chi connectivity index (χ1) is 8.02. The molecule has 2 saturated heterocycles. The van der Waals surface area contributed by atoms with Gasteiger partial charge in [0.05, 0.1) is 12.1 Å². The second-order valence-corrected chi connectivity index (χ2v) is 5.81. The van der Waals surface area contributed by atoms with E-state index in [0.29, 0.717) is 6.04 Å². The molecule has 0 radical (unpaired) electrons. The summed E-state index contributed by atoms with van der Waals surface area (Å²) in [5.41, 5.74) is 0. The van der Waals surface area contributed by atoms with E-state index in [1.165, 1.54) is 12.8 Å². The smallest absolute Gasteiger partial charge is 0.238 e. The standard InChI is InChI=1S/C13H22N2O2/c1-8(2)12(13(17)14-9(3)7-16)15-6-10-4-11(15)5-10/h7-12H,4-6H2,1-3H3,(H,14,17). The van der Waals surface area contributed by atoms with Crippen molar-refractivity contribution in [2.45, 2.75) is 51.7 Å². The van der Waals surface area contributed by atoms with Crippen LogP contribution in [0.4, 0.5) is 0 Å². The van der Waals surface area contributed by atoms with Crippen molar-refractivity contribution in [2.24, 2.45) is 11.8 Å².